The van der Waals surface area contributed by atoms with E-state index in [1.165, 1.54) is 26.5 Å². The van der Waals surface area contributed by atoms with Crippen LogP contribution in [-0.4, -0.2) is 42.4 Å². The Balaban J connectivity index is 3.04. The second-order valence-electron chi connectivity index (χ2n) is 4.31. The predicted octanol–water partition coefficient (Wildman–Crippen LogP) is 1.36. The predicted molar refractivity (Wildman–Crippen MR) is 71.5 cm³/mol. The van der Waals surface area contributed by atoms with Crippen LogP contribution in [0.25, 0.3) is 0 Å². The summed E-state index contributed by atoms with van der Waals surface area (Å²) < 4.78 is 9.26. The maximum absolute atomic E-state index is 11.7. The topological polar surface area (TPSA) is 85.7 Å². The van der Waals surface area contributed by atoms with Crippen LogP contribution < -0.4 is 0 Å². The number of aromatic nitrogens is 1. The number of aliphatic hydroxyl groups is 1. The van der Waals surface area contributed by atoms with Gasteiger partial charge in [-0.3, -0.25) is 0 Å². The summed E-state index contributed by atoms with van der Waals surface area (Å²) in [6.07, 6.45) is 2.65. The van der Waals surface area contributed by atoms with E-state index in [0.717, 1.165) is 0 Å². The van der Waals surface area contributed by atoms with Crippen LogP contribution in [-0.2, 0) is 15.9 Å². The number of nitrogens with zero attached hydrogens (tertiary/aromatic N) is 1. The molecular weight excluding hydrogens is 262 g/mol. The number of rotatable bonds is 6. The van der Waals surface area contributed by atoms with E-state index < -0.39 is 18.0 Å². The Morgan fingerprint density at radius 1 is 1.30 bits per heavy atom. The summed E-state index contributed by atoms with van der Waals surface area (Å²) in [5.41, 5.74) is 0.955. The first kappa shape index (κ1) is 16.1. The summed E-state index contributed by atoms with van der Waals surface area (Å²) >= 11 is 0. The highest BCUT2D eigenvalue weighted by atomic mass is 16.5. The second kappa shape index (κ2) is 7.59. The van der Waals surface area contributed by atoms with Crippen molar-refractivity contribution in [3.63, 3.8) is 0 Å². The Hall–Kier alpha value is -1.95. The number of ether oxygens (including phenoxy) is 2. The van der Waals surface area contributed by atoms with Crippen LogP contribution in [0.15, 0.2) is 12.3 Å². The van der Waals surface area contributed by atoms with E-state index in [-0.39, 0.29) is 11.3 Å². The first-order valence-electron chi connectivity index (χ1n) is 6.37. The van der Waals surface area contributed by atoms with Gasteiger partial charge < -0.3 is 14.6 Å². The molecule has 0 spiro atoms. The van der Waals surface area contributed by atoms with Crippen molar-refractivity contribution in [1.82, 2.24) is 4.98 Å². The zero-order chi connectivity index (χ0) is 15.1. The number of aliphatic hydroxyl groups excluding tert-OH is 1. The van der Waals surface area contributed by atoms with Gasteiger partial charge in [0, 0.05) is 6.20 Å². The van der Waals surface area contributed by atoms with Crippen molar-refractivity contribution < 1.29 is 24.2 Å². The molecule has 1 rings (SSSR count). The Kier molecular flexibility index (Phi) is 6.11. The summed E-state index contributed by atoms with van der Waals surface area (Å²) in [5.74, 6) is -1.16. The van der Waals surface area contributed by atoms with Gasteiger partial charge in [0.1, 0.15) is 5.69 Å². The fourth-order valence-corrected chi connectivity index (χ4v) is 1.73. The molecule has 0 aliphatic rings. The lowest BCUT2D eigenvalue weighted by Crippen LogP contribution is -2.13. The Morgan fingerprint density at radius 2 is 1.95 bits per heavy atom. The minimum absolute atomic E-state index is 0.0488. The Morgan fingerprint density at radius 3 is 2.50 bits per heavy atom. The summed E-state index contributed by atoms with van der Waals surface area (Å²) in [6, 6.07) is 1.35. The molecule has 0 bridgehead atoms. The lowest BCUT2D eigenvalue weighted by atomic mass is 10.0. The highest BCUT2D eigenvalue weighted by Gasteiger charge is 2.17. The quantitative estimate of drug-likeness (QED) is 0.792. The highest BCUT2D eigenvalue weighted by molar-refractivity contribution is 5.95. The minimum Gasteiger partial charge on any atom is -0.465 e. The maximum atomic E-state index is 11.7. The van der Waals surface area contributed by atoms with Crippen molar-refractivity contribution in [1.29, 1.82) is 0 Å². The zero-order valence-corrected chi connectivity index (χ0v) is 11.9. The molecule has 0 fully saturated rings. The SMILES string of the molecule is CCC(O)CCc1cnc(C(=O)OC)cc1C(=O)OC. The van der Waals surface area contributed by atoms with Crippen molar-refractivity contribution in [3.05, 3.63) is 29.1 Å². The Bertz CT molecular complexity index is 486. The first-order valence-corrected chi connectivity index (χ1v) is 6.37. The fourth-order valence-electron chi connectivity index (χ4n) is 1.73. The van der Waals surface area contributed by atoms with Crippen molar-refractivity contribution in [2.45, 2.75) is 32.3 Å². The molecule has 6 heteroatoms. The van der Waals surface area contributed by atoms with Crippen LogP contribution in [0.5, 0.6) is 0 Å². The van der Waals surface area contributed by atoms with Crippen LogP contribution in [0.2, 0.25) is 0 Å². The minimum atomic E-state index is -0.615. The number of esters is 2. The molecule has 1 atom stereocenters. The largest absolute Gasteiger partial charge is 0.465 e. The van der Waals surface area contributed by atoms with Crippen molar-refractivity contribution in [2.75, 3.05) is 14.2 Å². The second-order valence-corrected chi connectivity index (χ2v) is 4.31. The van der Waals surface area contributed by atoms with Crippen molar-refractivity contribution in [2.24, 2.45) is 0 Å². The van der Waals surface area contributed by atoms with Crippen LogP contribution in [0.1, 0.15) is 46.2 Å². The molecule has 0 aromatic carbocycles. The summed E-state index contributed by atoms with van der Waals surface area (Å²) in [5, 5.41) is 9.58. The zero-order valence-electron chi connectivity index (χ0n) is 11.9. The molecule has 20 heavy (non-hydrogen) atoms. The average Bonchev–Trinajstić information content (AvgIpc) is 2.50. The molecule has 1 unspecified atom stereocenters. The van der Waals surface area contributed by atoms with Crippen molar-refractivity contribution >= 4 is 11.9 Å². The monoisotopic (exact) mass is 281 g/mol. The molecule has 0 aliphatic carbocycles. The van der Waals surface area contributed by atoms with Crippen LogP contribution >= 0.6 is 0 Å². The van der Waals surface area contributed by atoms with E-state index in [1.54, 1.807) is 0 Å². The molecule has 0 amide bonds. The highest BCUT2D eigenvalue weighted by Crippen LogP contribution is 2.15. The van der Waals surface area contributed by atoms with Gasteiger partial charge in [0.25, 0.3) is 0 Å². The molecule has 0 saturated heterocycles. The average molecular weight is 281 g/mol. The number of aryl methyl sites for hydroxylation is 1. The normalized spacial score (nSPS) is 11.8. The molecule has 0 radical (unpaired) electrons. The van der Waals surface area contributed by atoms with Gasteiger partial charge in [-0.15, -0.1) is 0 Å². The van der Waals surface area contributed by atoms with E-state index in [1.807, 2.05) is 6.92 Å². The van der Waals surface area contributed by atoms with Gasteiger partial charge in [-0.1, -0.05) is 6.92 Å². The molecule has 110 valence electrons. The number of hydrogen-bond donors (Lipinski definition) is 1. The smallest absolute Gasteiger partial charge is 0.356 e. The molecule has 6 nitrogen and oxygen atoms in total. The standard InChI is InChI=1S/C14H19NO5/c1-4-10(16)6-5-9-8-15-12(14(18)20-3)7-11(9)13(17)19-2/h7-8,10,16H,4-6H2,1-3H3. The van der Waals surface area contributed by atoms with Gasteiger partial charge >= 0.3 is 11.9 Å². The van der Waals surface area contributed by atoms with E-state index >= 15 is 0 Å². The first-order chi connectivity index (χ1) is 9.53. The number of methoxy groups -OCH3 is 2. The third-order valence-electron chi connectivity index (χ3n) is 3.00. The van der Waals surface area contributed by atoms with Gasteiger partial charge in [-0.25, -0.2) is 14.6 Å². The lowest BCUT2D eigenvalue weighted by molar-refractivity contribution is 0.0592. The molecule has 1 aromatic rings. The Labute approximate surface area is 117 Å². The summed E-state index contributed by atoms with van der Waals surface area (Å²) in [7, 11) is 2.51. The van der Waals surface area contributed by atoms with Gasteiger partial charge in [-0.05, 0) is 30.9 Å². The molecular formula is C14H19NO5. The van der Waals surface area contributed by atoms with E-state index in [4.69, 9.17) is 4.74 Å². The van der Waals surface area contributed by atoms with Gasteiger partial charge in [0.15, 0.2) is 0 Å². The molecule has 0 saturated carbocycles. The van der Waals surface area contributed by atoms with Gasteiger partial charge in [-0.2, -0.15) is 0 Å². The van der Waals surface area contributed by atoms with Gasteiger partial charge in [0.05, 0.1) is 25.9 Å². The summed E-state index contributed by atoms with van der Waals surface area (Å²) in [4.78, 5) is 27.1. The van der Waals surface area contributed by atoms with E-state index in [0.29, 0.717) is 24.8 Å². The van der Waals surface area contributed by atoms with E-state index in [9.17, 15) is 14.7 Å². The number of carbonyl (C=O) groups is 2. The third kappa shape index (κ3) is 4.03. The third-order valence-corrected chi connectivity index (χ3v) is 3.00. The van der Waals surface area contributed by atoms with E-state index in [2.05, 4.69) is 9.72 Å². The molecule has 0 aliphatic heterocycles. The van der Waals surface area contributed by atoms with Crippen LogP contribution in [0, 0.1) is 0 Å². The molecule has 1 heterocycles. The fraction of sp³-hybridized carbons (Fsp3) is 0.500. The molecule has 1 N–H and O–H groups in total. The van der Waals surface area contributed by atoms with Crippen LogP contribution in [0.3, 0.4) is 0 Å². The summed E-state index contributed by atoms with van der Waals surface area (Å²) in [6.45, 7) is 1.88. The maximum Gasteiger partial charge on any atom is 0.356 e. The number of hydrogen-bond acceptors (Lipinski definition) is 6. The van der Waals surface area contributed by atoms with Crippen LogP contribution in [0.4, 0.5) is 0 Å². The van der Waals surface area contributed by atoms with Gasteiger partial charge in [0.2, 0.25) is 0 Å². The van der Waals surface area contributed by atoms with Crippen molar-refractivity contribution in [3.8, 4) is 0 Å². The molecule has 1 aromatic heterocycles. The number of pyridine rings is 1. The lowest BCUT2D eigenvalue weighted by Gasteiger charge is -2.11. The number of carbonyl (C=O) groups excluding carboxylic acids is 2.